The van der Waals surface area contributed by atoms with Crippen molar-refractivity contribution in [3.05, 3.63) is 69.8 Å². The predicted octanol–water partition coefficient (Wildman–Crippen LogP) is 5.27. The normalized spacial score (nSPS) is 18.5. The van der Waals surface area contributed by atoms with Crippen molar-refractivity contribution < 1.29 is 0 Å². The van der Waals surface area contributed by atoms with E-state index in [9.17, 15) is 0 Å². The Labute approximate surface area is 139 Å². The van der Waals surface area contributed by atoms with Crippen molar-refractivity contribution in [3.8, 4) is 0 Å². The van der Waals surface area contributed by atoms with Gasteiger partial charge in [-0.25, -0.2) is 0 Å². The van der Waals surface area contributed by atoms with Crippen LogP contribution < -0.4 is 5.32 Å². The van der Waals surface area contributed by atoms with Gasteiger partial charge in [-0.3, -0.25) is 0 Å². The Balaban J connectivity index is 1.63. The Hall–Kier alpha value is -1.58. The lowest BCUT2D eigenvalue weighted by molar-refractivity contribution is 0.459. The van der Waals surface area contributed by atoms with Crippen LogP contribution in [0.3, 0.4) is 0 Å². The minimum Gasteiger partial charge on any atom is -0.357 e. The van der Waals surface area contributed by atoms with Crippen molar-refractivity contribution in [2.24, 2.45) is 0 Å². The lowest BCUT2D eigenvalue weighted by Gasteiger charge is -2.20. The molecule has 1 aliphatic carbocycles. The Morgan fingerprint density at radius 2 is 2.00 bits per heavy atom. The van der Waals surface area contributed by atoms with Gasteiger partial charge in [0.05, 0.1) is 0 Å². The lowest BCUT2D eigenvalue weighted by Crippen LogP contribution is -2.23. The van der Waals surface area contributed by atoms with Crippen LogP contribution >= 0.6 is 15.9 Å². The van der Waals surface area contributed by atoms with Crippen molar-refractivity contribution in [3.63, 3.8) is 0 Å². The molecule has 0 radical (unpaired) electrons. The van der Waals surface area contributed by atoms with Crippen LogP contribution in [0.25, 0.3) is 10.9 Å². The molecule has 112 valence electrons. The van der Waals surface area contributed by atoms with E-state index < -0.39 is 0 Å². The molecule has 2 N–H and O–H groups in total. The third-order valence-corrected chi connectivity index (χ3v) is 5.18. The fraction of sp³-hybridized carbons (Fsp3) is 0.263. The molecule has 0 amide bonds. The number of H-pyrrole nitrogens is 1. The summed E-state index contributed by atoms with van der Waals surface area (Å²) in [6.07, 6.45) is 2.31. The van der Waals surface area contributed by atoms with E-state index in [2.05, 4.69) is 81.7 Å². The first-order valence-corrected chi connectivity index (χ1v) is 8.62. The van der Waals surface area contributed by atoms with Crippen molar-refractivity contribution in [1.82, 2.24) is 10.3 Å². The summed E-state index contributed by atoms with van der Waals surface area (Å²) in [6.45, 7) is 2.24. The molecule has 3 aromatic rings. The molecule has 1 aliphatic rings. The topological polar surface area (TPSA) is 27.8 Å². The number of hydrogen-bond acceptors (Lipinski definition) is 1. The van der Waals surface area contributed by atoms with Crippen molar-refractivity contribution in [2.45, 2.75) is 31.8 Å². The number of aryl methyl sites for hydroxylation is 1. The molecule has 1 aromatic heterocycles. The van der Waals surface area contributed by atoms with Gasteiger partial charge in [0, 0.05) is 33.2 Å². The molecule has 0 saturated heterocycles. The minimum absolute atomic E-state index is 0.357. The van der Waals surface area contributed by atoms with Gasteiger partial charge in [0.2, 0.25) is 0 Å². The number of benzene rings is 2. The van der Waals surface area contributed by atoms with E-state index in [4.69, 9.17) is 0 Å². The van der Waals surface area contributed by atoms with Crippen LogP contribution in [0.1, 0.15) is 42.2 Å². The van der Waals surface area contributed by atoms with E-state index in [0.29, 0.717) is 12.1 Å². The first-order chi connectivity index (χ1) is 10.7. The molecule has 0 fully saturated rings. The number of nitrogens with one attached hydrogen (secondary N) is 2. The average Bonchev–Trinajstić information content (AvgIpc) is 3.08. The molecule has 1 heterocycles. The molecule has 3 heteroatoms. The van der Waals surface area contributed by atoms with Crippen LogP contribution in [0.2, 0.25) is 0 Å². The van der Waals surface area contributed by atoms with Gasteiger partial charge in [0.25, 0.3) is 0 Å². The zero-order chi connectivity index (χ0) is 15.1. The number of rotatable bonds is 3. The zero-order valence-electron chi connectivity index (χ0n) is 12.6. The molecule has 0 saturated carbocycles. The highest BCUT2D eigenvalue weighted by Crippen LogP contribution is 2.38. The summed E-state index contributed by atoms with van der Waals surface area (Å²) in [5.74, 6) is 0. The predicted molar refractivity (Wildman–Crippen MR) is 95.1 cm³/mol. The standard InChI is InChI=1S/C19H19BrN2/c1-12(13-5-3-2-4-6-13)21-18-10-8-15-16-11-14(20)7-9-17(16)22-19(15)18/h2-7,9,11-12,18,21-22H,8,10H2,1H3/t12-,18-/m1/s1. The smallest absolute Gasteiger partial charge is 0.0483 e. The Morgan fingerprint density at radius 3 is 2.82 bits per heavy atom. The molecule has 0 unspecified atom stereocenters. The maximum atomic E-state index is 3.78. The first kappa shape index (κ1) is 14.0. The van der Waals surface area contributed by atoms with Gasteiger partial charge in [0.15, 0.2) is 0 Å². The van der Waals surface area contributed by atoms with Crippen LogP contribution in [-0.2, 0) is 6.42 Å². The summed E-state index contributed by atoms with van der Waals surface area (Å²) in [5.41, 5.74) is 5.44. The molecule has 2 aromatic carbocycles. The Bertz CT molecular complexity index is 807. The van der Waals surface area contributed by atoms with Crippen LogP contribution in [0.5, 0.6) is 0 Å². The first-order valence-electron chi connectivity index (χ1n) is 7.83. The molecule has 4 rings (SSSR count). The molecule has 2 nitrogen and oxygen atoms in total. The second-order valence-corrected chi connectivity index (χ2v) is 7.01. The monoisotopic (exact) mass is 354 g/mol. The molecule has 2 atom stereocenters. The van der Waals surface area contributed by atoms with Crippen molar-refractivity contribution >= 4 is 26.8 Å². The average molecular weight is 355 g/mol. The van der Waals surface area contributed by atoms with Crippen LogP contribution in [0, 0.1) is 0 Å². The molecule has 22 heavy (non-hydrogen) atoms. The molecular weight excluding hydrogens is 336 g/mol. The second kappa shape index (κ2) is 5.56. The number of halogens is 1. The van der Waals surface area contributed by atoms with Crippen LogP contribution in [-0.4, -0.2) is 4.98 Å². The number of aromatic amines is 1. The zero-order valence-corrected chi connectivity index (χ0v) is 14.2. The van der Waals surface area contributed by atoms with Crippen molar-refractivity contribution in [2.75, 3.05) is 0 Å². The minimum atomic E-state index is 0.357. The number of aromatic nitrogens is 1. The fourth-order valence-electron chi connectivity index (χ4n) is 3.55. The molecular formula is C19H19BrN2. The third-order valence-electron chi connectivity index (χ3n) is 4.68. The second-order valence-electron chi connectivity index (χ2n) is 6.10. The summed E-state index contributed by atoms with van der Waals surface area (Å²) >= 11 is 3.58. The van der Waals surface area contributed by atoms with Gasteiger partial charge in [0.1, 0.15) is 0 Å². The molecule has 0 bridgehead atoms. The Morgan fingerprint density at radius 1 is 1.18 bits per heavy atom. The lowest BCUT2D eigenvalue weighted by atomic mass is 10.1. The summed E-state index contributed by atoms with van der Waals surface area (Å²) in [5, 5.41) is 5.15. The summed E-state index contributed by atoms with van der Waals surface area (Å²) < 4.78 is 1.15. The van der Waals surface area contributed by atoms with Crippen LogP contribution in [0.4, 0.5) is 0 Å². The van der Waals surface area contributed by atoms with Gasteiger partial charge < -0.3 is 10.3 Å². The van der Waals surface area contributed by atoms with Crippen molar-refractivity contribution in [1.29, 1.82) is 0 Å². The van der Waals surface area contributed by atoms with Gasteiger partial charge in [-0.05, 0) is 49.1 Å². The molecule has 0 spiro atoms. The van der Waals surface area contributed by atoms with Gasteiger partial charge in [-0.1, -0.05) is 46.3 Å². The number of fused-ring (bicyclic) bond motifs is 3. The van der Waals surface area contributed by atoms with E-state index in [-0.39, 0.29) is 0 Å². The van der Waals surface area contributed by atoms with Gasteiger partial charge >= 0.3 is 0 Å². The maximum absolute atomic E-state index is 3.78. The SMILES string of the molecule is C[C@@H](N[C@@H]1CCc2c1[nH]c1ccc(Br)cc21)c1ccccc1. The van der Waals surface area contributed by atoms with E-state index in [1.54, 1.807) is 0 Å². The largest absolute Gasteiger partial charge is 0.357 e. The fourth-order valence-corrected chi connectivity index (χ4v) is 3.91. The van der Waals surface area contributed by atoms with E-state index >= 15 is 0 Å². The Kier molecular flexibility index (Phi) is 3.55. The van der Waals surface area contributed by atoms with E-state index in [0.717, 1.165) is 10.9 Å². The molecule has 0 aliphatic heterocycles. The highest BCUT2D eigenvalue weighted by atomic mass is 79.9. The van der Waals surface area contributed by atoms with E-state index in [1.165, 1.54) is 34.1 Å². The highest BCUT2D eigenvalue weighted by Gasteiger charge is 2.27. The van der Waals surface area contributed by atoms with E-state index in [1.807, 2.05) is 0 Å². The summed E-state index contributed by atoms with van der Waals surface area (Å²) in [4.78, 5) is 3.63. The maximum Gasteiger partial charge on any atom is 0.0483 e. The third kappa shape index (κ3) is 2.38. The van der Waals surface area contributed by atoms with Gasteiger partial charge in [-0.15, -0.1) is 0 Å². The van der Waals surface area contributed by atoms with Crippen LogP contribution in [0.15, 0.2) is 53.0 Å². The number of hydrogen-bond donors (Lipinski definition) is 2. The summed E-state index contributed by atoms with van der Waals surface area (Å²) in [6, 6.07) is 17.9. The highest BCUT2D eigenvalue weighted by molar-refractivity contribution is 9.10. The quantitative estimate of drug-likeness (QED) is 0.658. The summed E-state index contributed by atoms with van der Waals surface area (Å²) in [7, 11) is 0. The van der Waals surface area contributed by atoms with Gasteiger partial charge in [-0.2, -0.15) is 0 Å².